The van der Waals surface area contributed by atoms with Crippen LogP contribution in [0.15, 0.2) is 77.7 Å². The first-order chi connectivity index (χ1) is 14.8. The molecule has 3 aromatic rings. The van der Waals surface area contributed by atoms with Gasteiger partial charge < -0.3 is 5.32 Å². The number of para-hydroxylation sites is 1. The number of fused-ring (bicyclic) bond motifs is 1. The molecule has 0 spiro atoms. The normalized spacial score (nSPS) is 14.9. The van der Waals surface area contributed by atoms with E-state index in [-0.39, 0.29) is 11.4 Å². The minimum Gasteiger partial charge on any atom is -0.321 e. The molecule has 31 heavy (non-hydrogen) atoms. The van der Waals surface area contributed by atoms with Crippen LogP contribution in [0.5, 0.6) is 0 Å². The molecule has 1 N–H and O–H groups in total. The summed E-state index contributed by atoms with van der Waals surface area (Å²) in [5.41, 5.74) is 3.58. The molecule has 7 heteroatoms. The number of carbonyl (C=O) groups excluding carboxylic acids is 1. The van der Waals surface area contributed by atoms with Crippen LogP contribution in [0.3, 0.4) is 0 Å². The fourth-order valence-corrected chi connectivity index (χ4v) is 5.64. The Labute approximate surface area is 187 Å². The van der Waals surface area contributed by atoms with Gasteiger partial charge in [-0.2, -0.15) is 0 Å². The molecule has 1 aliphatic heterocycles. The molecule has 0 aliphatic carbocycles. The van der Waals surface area contributed by atoms with Crippen LogP contribution in [0.2, 0.25) is 5.02 Å². The molecule has 1 heterocycles. The fraction of sp³-hybridized carbons (Fsp3) is 0.125. The number of carbonyl (C=O) groups is 1. The number of nitrogens with zero attached hydrogens (tertiary/aromatic N) is 1. The van der Waals surface area contributed by atoms with Crippen molar-refractivity contribution in [3.63, 3.8) is 0 Å². The summed E-state index contributed by atoms with van der Waals surface area (Å²) < 4.78 is 28.5. The number of amides is 1. The Balaban J connectivity index is 1.96. The smallest absolute Gasteiger partial charge is 0.270 e. The van der Waals surface area contributed by atoms with Crippen molar-refractivity contribution < 1.29 is 13.2 Å². The van der Waals surface area contributed by atoms with Crippen LogP contribution in [0.4, 0.5) is 11.4 Å². The lowest BCUT2D eigenvalue weighted by Gasteiger charge is -2.32. The lowest BCUT2D eigenvalue weighted by Crippen LogP contribution is -2.39. The predicted octanol–water partition coefficient (Wildman–Crippen LogP) is 5.22. The quantitative estimate of drug-likeness (QED) is 0.590. The highest BCUT2D eigenvalue weighted by molar-refractivity contribution is 7.97. The summed E-state index contributed by atoms with van der Waals surface area (Å²) in [4.78, 5) is 13.1. The first-order valence-corrected chi connectivity index (χ1v) is 11.7. The third-order valence-electron chi connectivity index (χ3n) is 5.20. The second-order valence-electron chi connectivity index (χ2n) is 7.18. The molecule has 1 amide bonds. The van der Waals surface area contributed by atoms with Crippen molar-refractivity contribution in [2.45, 2.75) is 13.8 Å². The van der Waals surface area contributed by atoms with Gasteiger partial charge in [-0.3, -0.25) is 9.10 Å². The first kappa shape index (κ1) is 21.2. The Bertz CT molecular complexity index is 1300. The molecular weight excluding hydrogens is 432 g/mol. The van der Waals surface area contributed by atoms with E-state index in [1.165, 1.54) is 4.31 Å². The molecule has 0 saturated carbocycles. The predicted molar refractivity (Wildman–Crippen MR) is 126 cm³/mol. The van der Waals surface area contributed by atoms with Crippen LogP contribution in [-0.4, -0.2) is 20.9 Å². The van der Waals surface area contributed by atoms with E-state index in [2.05, 4.69) is 5.32 Å². The van der Waals surface area contributed by atoms with Crippen LogP contribution >= 0.6 is 11.6 Å². The molecule has 0 atom stereocenters. The van der Waals surface area contributed by atoms with E-state index in [1.54, 1.807) is 49.4 Å². The van der Waals surface area contributed by atoms with Crippen molar-refractivity contribution in [2.75, 3.05) is 16.2 Å². The van der Waals surface area contributed by atoms with Gasteiger partial charge in [0.25, 0.3) is 15.9 Å². The maximum absolute atomic E-state index is 13.6. The molecular formula is C24H21ClN2O3S. The Morgan fingerprint density at radius 2 is 1.68 bits per heavy atom. The maximum atomic E-state index is 13.6. The van der Waals surface area contributed by atoms with Gasteiger partial charge in [-0.15, -0.1) is 0 Å². The summed E-state index contributed by atoms with van der Waals surface area (Å²) in [6.45, 7) is 3.80. The van der Waals surface area contributed by atoms with E-state index in [4.69, 9.17) is 11.6 Å². The number of hydrogen-bond acceptors (Lipinski definition) is 3. The highest BCUT2D eigenvalue weighted by Gasteiger charge is 2.40. The van der Waals surface area contributed by atoms with Crippen molar-refractivity contribution in [2.24, 2.45) is 0 Å². The maximum Gasteiger partial charge on any atom is 0.270 e. The lowest BCUT2D eigenvalue weighted by molar-refractivity contribution is -0.112. The van der Waals surface area contributed by atoms with Gasteiger partial charge in [-0.1, -0.05) is 66.2 Å². The molecule has 1 aliphatic rings. The van der Waals surface area contributed by atoms with Crippen LogP contribution < -0.4 is 9.62 Å². The van der Waals surface area contributed by atoms with Gasteiger partial charge in [0.15, 0.2) is 4.91 Å². The van der Waals surface area contributed by atoms with Gasteiger partial charge in [0.05, 0.1) is 5.69 Å². The Morgan fingerprint density at radius 3 is 2.35 bits per heavy atom. The highest BCUT2D eigenvalue weighted by atomic mass is 35.5. The lowest BCUT2D eigenvalue weighted by atomic mass is 9.95. The Hall–Kier alpha value is -3.09. The summed E-state index contributed by atoms with van der Waals surface area (Å²) >= 11 is 6.19. The number of anilines is 2. The monoisotopic (exact) mass is 452 g/mol. The zero-order chi connectivity index (χ0) is 22.2. The average molecular weight is 453 g/mol. The first-order valence-electron chi connectivity index (χ1n) is 9.84. The van der Waals surface area contributed by atoms with E-state index >= 15 is 0 Å². The molecule has 0 bridgehead atoms. The van der Waals surface area contributed by atoms with Gasteiger partial charge in [-0.25, -0.2) is 8.42 Å². The van der Waals surface area contributed by atoms with E-state index in [0.29, 0.717) is 33.1 Å². The number of rotatable bonds is 4. The van der Waals surface area contributed by atoms with Crippen molar-refractivity contribution in [3.05, 3.63) is 99.4 Å². The minimum absolute atomic E-state index is 0.203. The van der Waals surface area contributed by atoms with Crippen molar-refractivity contribution in [3.8, 4) is 0 Å². The third-order valence-corrected chi connectivity index (χ3v) is 7.55. The minimum atomic E-state index is -4.09. The van der Waals surface area contributed by atoms with Crippen LogP contribution in [-0.2, 0) is 14.8 Å². The molecule has 3 aromatic carbocycles. The molecule has 0 unspecified atom stereocenters. The van der Waals surface area contributed by atoms with Crippen molar-refractivity contribution in [1.29, 1.82) is 0 Å². The standard InChI is InChI=1S/C24H21ClN2O3S/c1-3-27-21-12-8-7-11-19(21)22(17-9-5-4-6-10-17)23(31(27,29)30)24(28)26-18-14-13-16(2)20(25)15-18/h4-15H,3H2,1-2H3,(H,26,28). The second-order valence-corrected chi connectivity index (χ2v) is 9.38. The molecule has 5 nitrogen and oxygen atoms in total. The summed E-state index contributed by atoms with van der Waals surface area (Å²) in [6, 6.07) is 21.4. The van der Waals surface area contributed by atoms with E-state index < -0.39 is 15.9 Å². The van der Waals surface area contributed by atoms with Crippen LogP contribution in [0.1, 0.15) is 23.6 Å². The van der Waals surface area contributed by atoms with Gasteiger partial charge in [0.2, 0.25) is 0 Å². The van der Waals surface area contributed by atoms with Crippen molar-refractivity contribution >= 4 is 44.5 Å². The summed E-state index contributed by atoms with van der Waals surface area (Å²) in [5, 5.41) is 3.21. The molecule has 0 fully saturated rings. The highest BCUT2D eigenvalue weighted by Crippen LogP contribution is 2.42. The summed E-state index contributed by atoms with van der Waals surface area (Å²) in [5.74, 6) is -0.702. The molecule has 4 rings (SSSR count). The van der Waals surface area contributed by atoms with Crippen LogP contribution in [0.25, 0.3) is 5.57 Å². The van der Waals surface area contributed by atoms with E-state index in [0.717, 1.165) is 5.56 Å². The summed E-state index contributed by atoms with van der Waals surface area (Å²) in [6.07, 6.45) is 0. The van der Waals surface area contributed by atoms with E-state index in [1.807, 2.05) is 37.3 Å². The SMILES string of the molecule is CCN1c2ccccc2C(c2ccccc2)=C(C(=O)Nc2ccc(C)c(Cl)c2)S1(=O)=O. The molecule has 0 radical (unpaired) electrons. The van der Waals surface area contributed by atoms with Gasteiger partial charge in [0, 0.05) is 28.4 Å². The number of hydrogen-bond donors (Lipinski definition) is 1. The number of benzene rings is 3. The van der Waals surface area contributed by atoms with Crippen molar-refractivity contribution in [1.82, 2.24) is 0 Å². The topological polar surface area (TPSA) is 66.5 Å². The van der Waals surface area contributed by atoms with Crippen LogP contribution in [0, 0.1) is 6.92 Å². The largest absolute Gasteiger partial charge is 0.321 e. The number of nitrogens with one attached hydrogen (secondary N) is 1. The molecule has 0 aromatic heterocycles. The zero-order valence-electron chi connectivity index (χ0n) is 17.1. The van der Waals surface area contributed by atoms with E-state index in [9.17, 15) is 13.2 Å². The molecule has 158 valence electrons. The fourth-order valence-electron chi connectivity index (χ4n) is 3.71. The summed E-state index contributed by atoms with van der Waals surface area (Å²) in [7, 11) is -4.09. The number of halogens is 1. The van der Waals surface area contributed by atoms with Gasteiger partial charge in [0.1, 0.15) is 0 Å². The van der Waals surface area contributed by atoms with Gasteiger partial charge in [-0.05, 0) is 43.2 Å². The zero-order valence-corrected chi connectivity index (χ0v) is 18.7. The average Bonchev–Trinajstić information content (AvgIpc) is 2.75. The Kier molecular flexibility index (Phi) is 5.60. The molecule has 0 saturated heterocycles. The van der Waals surface area contributed by atoms with Gasteiger partial charge >= 0.3 is 0 Å². The third kappa shape index (κ3) is 3.73. The second kappa shape index (κ2) is 8.21. The Morgan fingerprint density at radius 1 is 1.00 bits per heavy atom. The number of aryl methyl sites for hydroxylation is 1. The number of sulfonamides is 1.